The summed E-state index contributed by atoms with van der Waals surface area (Å²) >= 11 is 9.24. The molecule has 0 heterocycles. The molecule has 0 radical (unpaired) electrons. The van der Waals surface area contributed by atoms with Crippen molar-refractivity contribution in [3.05, 3.63) is 63.6 Å². The molecule has 1 fully saturated rings. The van der Waals surface area contributed by atoms with Crippen LogP contribution in [0.3, 0.4) is 0 Å². The molecule has 0 saturated heterocycles. The van der Waals surface area contributed by atoms with Gasteiger partial charge in [-0.2, -0.15) is 0 Å². The lowest BCUT2D eigenvalue weighted by Crippen LogP contribution is -2.35. The average molecular weight is 431 g/mol. The molecule has 0 aliphatic heterocycles. The highest BCUT2D eigenvalue weighted by molar-refractivity contribution is 9.10. The van der Waals surface area contributed by atoms with Gasteiger partial charge < -0.3 is 10.5 Å². The molecule has 0 aromatic heterocycles. The Morgan fingerprint density at radius 1 is 1.17 bits per heavy atom. The van der Waals surface area contributed by atoms with Gasteiger partial charge in [0.05, 0.1) is 22.3 Å². The Kier molecular flexibility index (Phi) is 4.79. The maximum Gasteiger partial charge on any atom is 0.183 e. The predicted molar refractivity (Wildman–Crippen MR) is 98.1 cm³/mol. The Balaban J connectivity index is 2.01. The number of methoxy groups -OCH3 is 1. The van der Waals surface area contributed by atoms with Crippen LogP contribution in [-0.2, 0) is 14.6 Å². The third-order valence-electron chi connectivity index (χ3n) is 4.40. The highest BCUT2D eigenvalue weighted by atomic mass is 79.9. The molecule has 2 aromatic carbocycles. The Morgan fingerprint density at radius 3 is 2.29 bits per heavy atom. The summed E-state index contributed by atoms with van der Waals surface area (Å²) in [6.45, 7) is 0.172. The van der Waals surface area contributed by atoms with Crippen molar-refractivity contribution in [2.75, 3.05) is 13.7 Å². The van der Waals surface area contributed by atoms with E-state index < -0.39 is 20.6 Å². The van der Waals surface area contributed by atoms with E-state index >= 15 is 0 Å². The molecule has 1 aliphatic carbocycles. The topological polar surface area (TPSA) is 69.4 Å². The van der Waals surface area contributed by atoms with Crippen LogP contribution in [0.1, 0.15) is 11.5 Å². The van der Waals surface area contributed by atoms with E-state index in [0.29, 0.717) is 5.02 Å². The maximum absolute atomic E-state index is 13.1. The van der Waals surface area contributed by atoms with E-state index in [1.165, 1.54) is 19.2 Å². The zero-order chi connectivity index (χ0) is 17.5. The van der Waals surface area contributed by atoms with E-state index in [2.05, 4.69) is 15.9 Å². The third-order valence-corrected chi connectivity index (χ3v) is 7.49. The zero-order valence-electron chi connectivity index (χ0n) is 12.9. The molecule has 7 heteroatoms. The Labute approximate surface area is 155 Å². The smallest absolute Gasteiger partial charge is 0.183 e. The molecule has 2 aromatic rings. The zero-order valence-corrected chi connectivity index (χ0v) is 16.1. The van der Waals surface area contributed by atoms with Crippen molar-refractivity contribution < 1.29 is 13.2 Å². The molecule has 3 unspecified atom stereocenters. The van der Waals surface area contributed by atoms with Gasteiger partial charge in [-0.25, -0.2) is 8.42 Å². The van der Waals surface area contributed by atoms with Gasteiger partial charge in [0, 0.05) is 22.5 Å². The third kappa shape index (κ3) is 3.02. The van der Waals surface area contributed by atoms with Crippen LogP contribution in [-0.4, -0.2) is 32.9 Å². The molecular weight excluding hydrogens is 414 g/mol. The fourth-order valence-electron chi connectivity index (χ4n) is 3.24. The highest BCUT2D eigenvalue weighted by Gasteiger charge is 2.69. The van der Waals surface area contributed by atoms with Crippen LogP contribution in [0.25, 0.3) is 0 Å². The first kappa shape index (κ1) is 17.9. The van der Waals surface area contributed by atoms with Crippen LogP contribution in [0.15, 0.2) is 57.9 Å². The van der Waals surface area contributed by atoms with Crippen LogP contribution >= 0.6 is 27.5 Å². The second kappa shape index (κ2) is 6.42. The molecule has 0 bridgehead atoms. The van der Waals surface area contributed by atoms with Crippen LogP contribution < -0.4 is 5.73 Å². The first-order chi connectivity index (χ1) is 11.3. The molecular formula is C17H17BrClNO3S. The van der Waals surface area contributed by atoms with E-state index in [9.17, 15) is 8.42 Å². The SMILES string of the molecule is COCC1(N)C(c2ccc(Br)cc2)C1S(=O)(=O)c1ccc(Cl)cc1. The minimum absolute atomic E-state index is 0.172. The van der Waals surface area contributed by atoms with Gasteiger partial charge in [-0.15, -0.1) is 0 Å². The van der Waals surface area contributed by atoms with Gasteiger partial charge in [-0.1, -0.05) is 39.7 Å². The van der Waals surface area contributed by atoms with Crippen molar-refractivity contribution in [1.82, 2.24) is 0 Å². The van der Waals surface area contributed by atoms with Gasteiger partial charge in [0.1, 0.15) is 0 Å². The summed E-state index contributed by atoms with van der Waals surface area (Å²) < 4.78 is 32.3. The monoisotopic (exact) mass is 429 g/mol. The second-order valence-corrected chi connectivity index (χ2v) is 9.42. The number of hydrogen-bond donors (Lipinski definition) is 1. The van der Waals surface area contributed by atoms with Crippen molar-refractivity contribution in [2.24, 2.45) is 5.73 Å². The van der Waals surface area contributed by atoms with E-state index in [1.54, 1.807) is 12.1 Å². The van der Waals surface area contributed by atoms with Crippen molar-refractivity contribution in [2.45, 2.75) is 21.6 Å². The fourth-order valence-corrected chi connectivity index (χ4v) is 5.92. The standard InChI is InChI=1S/C17H17BrClNO3S/c1-23-10-17(20)15(11-2-4-12(18)5-3-11)16(17)24(21,22)14-8-6-13(19)7-9-14/h2-9,15-16H,10,20H2,1H3. The summed E-state index contributed by atoms with van der Waals surface area (Å²) in [6.07, 6.45) is 0. The lowest BCUT2D eigenvalue weighted by molar-refractivity contribution is 0.171. The number of sulfone groups is 1. The highest BCUT2D eigenvalue weighted by Crippen LogP contribution is 2.55. The number of halogens is 2. The number of benzene rings is 2. The first-order valence-electron chi connectivity index (χ1n) is 7.33. The molecule has 0 amide bonds. The summed E-state index contributed by atoms with van der Waals surface area (Å²) in [7, 11) is -2.07. The molecule has 1 saturated carbocycles. The first-order valence-corrected chi connectivity index (χ1v) is 10.0. The summed E-state index contributed by atoms with van der Waals surface area (Å²) in [5, 5.41) is -0.239. The van der Waals surface area contributed by atoms with Crippen molar-refractivity contribution >= 4 is 37.4 Å². The summed E-state index contributed by atoms with van der Waals surface area (Å²) in [4.78, 5) is 0.224. The van der Waals surface area contributed by atoms with Crippen LogP contribution in [0.4, 0.5) is 0 Å². The van der Waals surface area contributed by atoms with Crippen molar-refractivity contribution in [3.8, 4) is 0 Å². The lowest BCUT2D eigenvalue weighted by atomic mass is 10.1. The number of nitrogens with two attached hydrogens (primary N) is 1. The van der Waals surface area contributed by atoms with E-state index in [4.69, 9.17) is 22.1 Å². The van der Waals surface area contributed by atoms with Gasteiger partial charge in [-0.3, -0.25) is 0 Å². The Hall–Kier alpha value is -0.920. The number of rotatable bonds is 5. The number of ether oxygens (including phenoxy) is 1. The fraction of sp³-hybridized carbons (Fsp3) is 0.294. The Morgan fingerprint density at radius 2 is 1.75 bits per heavy atom. The minimum Gasteiger partial charge on any atom is -0.383 e. The summed E-state index contributed by atoms with van der Waals surface area (Å²) in [5.41, 5.74) is 6.37. The summed E-state index contributed by atoms with van der Waals surface area (Å²) in [5.74, 6) is -0.314. The molecule has 1 aliphatic rings. The van der Waals surface area contributed by atoms with Gasteiger partial charge in [0.2, 0.25) is 0 Å². The maximum atomic E-state index is 13.1. The van der Waals surface area contributed by atoms with Crippen molar-refractivity contribution in [3.63, 3.8) is 0 Å². The van der Waals surface area contributed by atoms with Crippen LogP contribution in [0.2, 0.25) is 5.02 Å². The van der Waals surface area contributed by atoms with Gasteiger partial charge in [0.25, 0.3) is 0 Å². The van der Waals surface area contributed by atoms with E-state index in [1.807, 2.05) is 24.3 Å². The quantitative estimate of drug-likeness (QED) is 0.789. The molecule has 4 nitrogen and oxygen atoms in total. The van der Waals surface area contributed by atoms with Gasteiger partial charge >= 0.3 is 0 Å². The molecule has 24 heavy (non-hydrogen) atoms. The van der Waals surface area contributed by atoms with Gasteiger partial charge in [-0.05, 0) is 42.0 Å². The molecule has 3 rings (SSSR count). The van der Waals surface area contributed by atoms with E-state index in [0.717, 1.165) is 10.0 Å². The minimum atomic E-state index is -3.60. The molecule has 0 spiro atoms. The number of hydrogen-bond acceptors (Lipinski definition) is 4. The van der Waals surface area contributed by atoms with E-state index in [-0.39, 0.29) is 17.4 Å². The Bertz CT molecular complexity index is 839. The molecule has 128 valence electrons. The average Bonchev–Trinajstić information content (AvgIpc) is 3.15. The second-order valence-electron chi connectivity index (χ2n) is 5.99. The van der Waals surface area contributed by atoms with Crippen molar-refractivity contribution in [1.29, 1.82) is 0 Å². The normalized spacial score (nSPS) is 26.3. The lowest BCUT2D eigenvalue weighted by Gasteiger charge is -2.11. The molecule has 3 atom stereocenters. The van der Waals surface area contributed by atoms with Crippen LogP contribution in [0, 0.1) is 0 Å². The van der Waals surface area contributed by atoms with Gasteiger partial charge in [0.15, 0.2) is 9.84 Å². The van der Waals surface area contributed by atoms with Crippen LogP contribution in [0.5, 0.6) is 0 Å². The largest absolute Gasteiger partial charge is 0.383 e. The predicted octanol–water partition coefficient (Wildman–Crippen LogP) is 3.39. The molecule has 2 N–H and O–H groups in total. The summed E-state index contributed by atoms with van der Waals surface area (Å²) in [6, 6.07) is 13.7.